The van der Waals surface area contributed by atoms with Crippen molar-refractivity contribution in [3.05, 3.63) is 51.8 Å². The standard InChI is InChI=1S/C32H30O14/c1-11-9-15-21(27(39)23-13(33)5-7-17(35)31(23,45-15)29(41)43-3)25(37)19(11)20-12(2)10-16-22(26(20)38)28(40)24-14(34)6-8-18(36)32(24,46-16)30(42)44-4/h5,9-10,17-18,23,33,35-38,40H,6-8H2,1-4H3/t17-,18-,23?,31+,32+/m1/s1. The van der Waals surface area contributed by atoms with Gasteiger partial charge in [-0.2, -0.15) is 0 Å². The Bertz CT molecular complexity index is 1840. The lowest BCUT2D eigenvalue weighted by Gasteiger charge is -2.45. The summed E-state index contributed by atoms with van der Waals surface area (Å²) in [5, 5.41) is 67.1. The Morgan fingerprint density at radius 2 is 1.39 bits per heavy atom. The number of Topliss-reactive ketones (excluding diaryl/α,β-unsaturated/α-hetero) is 2. The van der Waals surface area contributed by atoms with E-state index in [-0.39, 0.29) is 53.0 Å². The van der Waals surface area contributed by atoms with Crippen LogP contribution in [0.15, 0.2) is 29.5 Å². The van der Waals surface area contributed by atoms with Crippen molar-refractivity contribution in [3.63, 3.8) is 0 Å². The summed E-state index contributed by atoms with van der Waals surface area (Å²) in [7, 11) is 2.05. The molecule has 2 heterocycles. The number of hydrogen-bond acceptors (Lipinski definition) is 14. The molecule has 0 aromatic heterocycles. The lowest BCUT2D eigenvalue weighted by atomic mass is 9.70. The van der Waals surface area contributed by atoms with Crippen molar-refractivity contribution in [2.24, 2.45) is 5.92 Å². The fourth-order valence-electron chi connectivity index (χ4n) is 7.10. The second-order valence-corrected chi connectivity index (χ2v) is 11.7. The van der Waals surface area contributed by atoms with Gasteiger partial charge < -0.3 is 49.6 Å². The number of ketones is 2. The predicted molar refractivity (Wildman–Crippen MR) is 154 cm³/mol. The normalized spacial score (nSPS) is 28.0. The number of aliphatic hydroxyl groups excluding tert-OH is 4. The van der Waals surface area contributed by atoms with Gasteiger partial charge in [-0.15, -0.1) is 0 Å². The number of aliphatic hydroxyl groups is 4. The molecule has 4 aliphatic rings. The molecule has 0 bridgehead atoms. The van der Waals surface area contributed by atoms with Crippen LogP contribution in [0.4, 0.5) is 0 Å². The number of carbonyl (C=O) groups is 4. The minimum atomic E-state index is -2.40. The summed E-state index contributed by atoms with van der Waals surface area (Å²) in [6.45, 7) is 2.98. The number of phenolic OH excluding ortho intramolecular Hbond substituents is 2. The predicted octanol–water partition coefficient (Wildman–Crippen LogP) is 1.99. The van der Waals surface area contributed by atoms with E-state index in [9.17, 15) is 49.8 Å². The van der Waals surface area contributed by atoms with Gasteiger partial charge in [0.2, 0.25) is 5.60 Å². The first kappa shape index (κ1) is 30.9. The SMILES string of the molecule is COC(=O)[C@@]12Oc3cc(C)c(-c4c(C)cc5c(c4O)C(=O)C4C(O)=CC[C@@H](O)[C@]4(C(=O)OC)O5)c(O)c3C(O)=C1C(=O)CC[C@H]2O. The average Bonchev–Trinajstić information content (AvgIpc) is 3.00. The summed E-state index contributed by atoms with van der Waals surface area (Å²) in [4.78, 5) is 53.0. The number of aryl methyl sites for hydroxylation is 2. The summed E-state index contributed by atoms with van der Waals surface area (Å²) < 4.78 is 21.5. The molecule has 6 N–H and O–H groups in total. The van der Waals surface area contributed by atoms with Crippen molar-refractivity contribution in [2.45, 2.75) is 56.5 Å². The number of aromatic hydroxyl groups is 2. The molecule has 1 fully saturated rings. The van der Waals surface area contributed by atoms with E-state index in [4.69, 9.17) is 18.9 Å². The third-order valence-corrected chi connectivity index (χ3v) is 9.23. The van der Waals surface area contributed by atoms with Crippen LogP contribution in [-0.2, 0) is 23.9 Å². The second kappa shape index (κ2) is 10.2. The van der Waals surface area contributed by atoms with Gasteiger partial charge in [0.05, 0.1) is 19.8 Å². The zero-order valence-corrected chi connectivity index (χ0v) is 25.0. The van der Waals surface area contributed by atoms with Gasteiger partial charge in [0, 0.05) is 17.5 Å². The number of rotatable bonds is 3. The van der Waals surface area contributed by atoms with E-state index in [1.807, 2.05) is 0 Å². The van der Waals surface area contributed by atoms with Crippen LogP contribution in [0.1, 0.15) is 46.3 Å². The van der Waals surface area contributed by atoms with Crippen molar-refractivity contribution < 1.29 is 68.8 Å². The summed E-state index contributed by atoms with van der Waals surface area (Å²) in [6.07, 6.45) is -2.66. The average molecular weight is 639 g/mol. The van der Waals surface area contributed by atoms with Crippen LogP contribution < -0.4 is 9.47 Å². The first-order valence-electron chi connectivity index (χ1n) is 14.2. The zero-order chi connectivity index (χ0) is 33.6. The molecular weight excluding hydrogens is 608 g/mol. The molecule has 14 heteroatoms. The molecule has 5 atom stereocenters. The number of phenols is 2. The molecule has 14 nitrogen and oxygen atoms in total. The molecule has 46 heavy (non-hydrogen) atoms. The highest BCUT2D eigenvalue weighted by molar-refractivity contribution is 6.13. The highest BCUT2D eigenvalue weighted by atomic mass is 16.6. The van der Waals surface area contributed by atoms with E-state index < -0.39 is 92.6 Å². The van der Waals surface area contributed by atoms with Gasteiger partial charge in [0.25, 0.3) is 5.60 Å². The monoisotopic (exact) mass is 638 g/mol. The molecule has 2 aromatic rings. The molecule has 6 rings (SSSR count). The van der Waals surface area contributed by atoms with Gasteiger partial charge in [-0.25, -0.2) is 9.59 Å². The van der Waals surface area contributed by atoms with Crippen LogP contribution in [0.25, 0.3) is 16.9 Å². The number of fused-ring (bicyclic) bond motifs is 4. The first-order valence-corrected chi connectivity index (χ1v) is 14.2. The van der Waals surface area contributed by atoms with E-state index >= 15 is 0 Å². The van der Waals surface area contributed by atoms with Crippen molar-refractivity contribution in [1.82, 2.24) is 0 Å². The minimum Gasteiger partial charge on any atom is -0.512 e. The number of carbonyl (C=O) groups excluding carboxylic acids is 4. The maximum absolute atomic E-state index is 14.0. The topological polar surface area (TPSA) is 227 Å². The van der Waals surface area contributed by atoms with Gasteiger partial charge in [-0.3, -0.25) is 9.59 Å². The van der Waals surface area contributed by atoms with Crippen LogP contribution in [0.3, 0.4) is 0 Å². The number of hydrogen-bond donors (Lipinski definition) is 6. The number of benzene rings is 2. The summed E-state index contributed by atoms with van der Waals surface area (Å²) in [5.74, 6) is -9.18. The first-order chi connectivity index (χ1) is 21.7. The molecule has 0 saturated heterocycles. The smallest absolute Gasteiger partial charge is 0.358 e. The molecule has 1 saturated carbocycles. The van der Waals surface area contributed by atoms with E-state index in [1.54, 1.807) is 0 Å². The van der Waals surface area contributed by atoms with Crippen LogP contribution >= 0.6 is 0 Å². The Morgan fingerprint density at radius 3 is 1.98 bits per heavy atom. The van der Waals surface area contributed by atoms with Gasteiger partial charge in [0.15, 0.2) is 11.6 Å². The molecule has 2 aromatic carbocycles. The Labute approximate surface area is 260 Å². The van der Waals surface area contributed by atoms with E-state index in [0.717, 1.165) is 20.3 Å². The van der Waals surface area contributed by atoms with Crippen LogP contribution in [0.5, 0.6) is 23.0 Å². The zero-order valence-electron chi connectivity index (χ0n) is 25.0. The Morgan fingerprint density at radius 1 is 0.826 bits per heavy atom. The molecule has 0 amide bonds. The van der Waals surface area contributed by atoms with E-state index in [0.29, 0.717) is 0 Å². The third-order valence-electron chi connectivity index (χ3n) is 9.23. The van der Waals surface area contributed by atoms with Gasteiger partial charge in [-0.05, 0) is 56.0 Å². The quantitative estimate of drug-likeness (QED) is 0.264. The lowest BCUT2D eigenvalue weighted by Crippen LogP contribution is -2.65. The molecular formula is C32H30O14. The maximum Gasteiger partial charge on any atom is 0.358 e. The summed E-state index contributed by atoms with van der Waals surface area (Å²) in [5.41, 5.74) is -6.07. The largest absolute Gasteiger partial charge is 0.512 e. The van der Waals surface area contributed by atoms with Gasteiger partial charge in [-0.1, -0.05) is 0 Å². The Balaban J connectivity index is 1.59. The van der Waals surface area contributed by atoms with Gasteiger partial charge in [0.1, 0.15) is 63.8 Å². The highest BCUT2D eigenvalue weighted by Gasteiger charge is 2.65. The maximum atomic E-state index is 14.0. The lowest BCUT2D eigenvalue weighted by molar-refractivity contribution is -0.178. The van der Waals surface area contributed by atoms with Crippen molar-refractivity contribution >= 4 is 29.3 Å². The van der Waals surface area contributed by atoms with Crippen LogP contribution in [-0.4, -0.2) is 91.8 Å². The second-order valence-electron chi connectivity index (χ2n) is 11.7. The summed E-state index contributed by atoms with van der Waals surface area (Å²) in [6, 6.07) is 2.60. The van der Waals surface area contributed by atoms with Gasteiger partial charge >= 0.3 is 11.9 Å². The summed E-state index contributed by atoms with van der Waals surface area (Å²) >= 11 is 0. The fraction of sp³-hybridized carbons (Fsp3) is 0.375. The Kier molecular flexibility index (Phi) is 6.87. The van der Waals surface area contributed by atoms with Crippen molar-refractivity contribution in [2.75, 3.05) is 14.2 Å². The molecule has 1 unspecified atom stereocenters. The molecule has 0 spiro atoms. The van der Waals surface area contributed by atoms with Crippen molar-refractivity contribution in [3.8, 4) is 34.1 Å². The molecule has 242 valence electrons. The fourth-order valence-corrected chi connectivity index (χ4v) is 7.10. The molecule has 0 radical (unpaired) electrons. The van der Waals surface area contributed by atoms with Crippen LogP contribution in [0.2, 0.25) is 0 Å². The number of esters is 2. The number of methoxy groups -OCH3 is 2. The van der Waals surface area contributed by atoms with E-state index in [2.05, 4.69) is 0 Å². The molecule has 2 aliphatic heterocycles. The number of ether oxygens (including phenoxy) is 4. The van der Waals surface area contributed by atoms with E-state index in [1.165, 1.54) is 26.0 Å². The minimum absolute atomic E-state index is 0.109. The van der Waals surface area contributed by atoms with Crippen LogP contribution in [0, 0.1) is 19.8 Å². The van der Waals surface area contributed by atoms with Crippen molar-refractivity contribution in [1.29, 1.82) is 0 Å². The Hall–Kier alpha value is -5.08. The highest BCUT2D eigenvalue weighted by Crippen LogP contribution is 2.56. The molecule has 2 aliphatic carbocycles. The third kappa shape index (κ3) is 3.70.